The summed E-state index contributed by atoms with van der Waals surface area (Å²) in [6.07, 6.45) is 6.89. The van der Waals surface area contributed by atoms with Crippen LogP contribution in [0, 0.1) is 16.7 Å². The lowest BCUT2D eigenvalue weighted by Crippen LogP contribution is -2.22. The molecule has 0 aliphatic heterocycles. The molecule has 0 amide bonds. The first-order chi connectivity index (χ1) is 8.25. The van der Waals surface area contributed by atoms with Crippen molar-refractivity contribution in [2.24, 2.45) is 11.1 Å². The number of fused-ring (bicyclic) bond motifs is 1. The smallest absolute Gasteiger partial charge is 0.0767 e. The van der Waals surface area contributed by atoms with Crippen molar-refractivity contribution < 1.29 is 0 Å². The summed E-state index contributed by atoms with van der Waals surface area (Å²) in [6, 6.07) is 8.91. The lowest BCUT2D eigenvalue weighted by Gasteiger charge is -2.21. The maximum Gasteiger partial charge on any atom is 0.0767 e. The predicted molar refractivity (Wildman–Crippen MR) is 67.3 cm³/mol. The van der Waals surface area contributed by atoms with Crippen molar-refractivity contribution in [1.82, 2.24) is 0 Å². The van der Waals surface area contributed by atoms with E-state index in [-0.39, 0.29) is 11.5 Å². The van der Waals surface area contributed by atoms with Crippen molar-refractivity contribution in [2.75, 3.05) is 0 Å². The Kier molecular flexibility index (Phi) is 2.45. The van der Waals surface area contributed by atoms with Crippen molar-refractivity contribution in [3.8, 4) is 6.07 Å². The molecule has 2 heteroatoms. The van der Waals surface area contributed by atoms with E-state index in [1.165, 1.54) is 36.8 Å². The summed E-state index contributed by atoms with van der Waals surface area (Å²) in [5, 5.41) is 9.20. The second-order valence-corrected chi connectivity index (χ2v) is 5.48. The molecule has 0 radical (unpaired) electrons. The van der Waals surface area contributed by atoms with E-state index >= 15 is 0 Å². The van der Waals surface area contributed by atoms with Gasteiger partial charge in [-0.3, -0.25) is 0 Å². The fraction of sp³-hybridized carbons (Fsp3) is 0.533. The summed E-state index contributed by atoms with van der Waals surface area (Å²) in [7, 11) is 0. The van der Waals surface area contributed by atoms with Crippen LogP contribution in [0.4, 0.5) is 0 Å². The van der Waals surface area contributed by atoms with Crippen LogP contribution in [0.3, 0.4) is 0 Å². The zero-order valence-electron chi connectivity index (χ0n) is 10.1. The SMILES string of the molecule is N#CC1(C(N)c2ccc3c(c2)CCCC3)CC1. The van der Waals surface area contributed by atoms with Gasteiger partial charge in [-0.05, 0) is 55.2 Å². The van der Waals surface area contributed by atoms with Gasteiger partial charge in [0.2, 0.25) is 0 Å². The predicted octanol–water partition coefficient (Wildman–Crippen LogP) is 2.87. The van der Waals surface area contributed by atoms with E-state index < -0.39 is 0 Å². The standard InChI is InChI=1S/C15H18N2/c16-10-15(7-8-15)14(17)13-6-5-11-3-1-2-4-12(11)9-13/h5-6,9,14H,1-4,7-8,17H2. The highest BCUT2D eigenvalue weighted by molar-refractivity contribution is 5.37. The van der Waals surface area contributed by atoms with Gasteiger partial charge in [-0.15, -0.1) is 0 Å². The van der Waals surface area contributed by atoms with Crippen LogP contribution in [0.5, 0.6) is 0 Å². The number of hydrogen-bond donors (Lipinski definition) is 1. The lowest BCUT2D eigenvalue weighted by molar-refractivity contribution is 0.518. The number of benzene rings is 1. The van der Waals surface area contributed by atoms with Gasteiger partial charge in [0.15, 0.2) is 0 Å². The molecule has 2 N–H and O–H groups in total. The summed E-state index contributed by atoms with van der Waals surface area (Å²) in [5.41, 5.74) is 10.1. The van der Waals surface area contributed by atoms with Gasteiger partial charge in [0.1, 0.15) is 0 Å². The Morgan fingerprint density at radius 2 is 1.88 bits per heavy atom. The van der Waals surface area contributed by atoms with Crippen molar-refractivity contribution in [3.63, 3.8) is 0 Å². The van der Waals surface area contributed by atoms with Crippen molar-refractivity contribution >= 4 is 0 Å². The second-order valence-electron chi connectivity index (χ2n) is 5.48. The fourth-order valence-corrected chi connectivity index (χ4v) is 2.89. The summed E-state index contributed by atoms with van der Waals surface area (Å²) >= 11 is 0. The van der Waals surface area contributed by atoms with E-state index in [1.807, 2.05) is 0 Å². The molecule has 1 aromatic rings. The number of nitrogens with zero attached hydrogens (tertiary/aromatic N) is 1. The third-order valence-electron chi connectivity index (χ3n) is 4.34. The first-order valence-electron chi connectivity index (χ1n) is 6.54. The van der Waals surface area contributed by atoms with E-state index in [1.54, 1.807) is 0 Å². The van der Waals surface area contributed by atoms with E-state index in [4.69, 9.17) is 5.73 Å². The van der Waals surface area contributed by atoms with Crippen LogP contribution in [-0.4, -0.2) is 0 Å². The number of rotatable bonds is 2. The molecular weight excluding hydrogens is 208 g/mol. The molecule has 0 spiro atoms. The molecule has 1 unspecified atom stereocenters. The number of aryl methyl sites for hydroxylation is 2. The Morgan fingerprint density at radius 1 is 1.18 bits per heavy atom. The summed E-state index contributed by atoms with van der Waals surface area (Å²) < 4.78 is 0. The van der Waals surface area contributed by atoms with Crippen LogP contribution >= 0.6 is 0 Å². The average Bonchev–Trinajstić information content (AvgIpc) is 3.18. The minimum atomic E-state index is -0.261. The second kappa shape index (κ2) is 3.85. The highest BCUT2D eigenvalue weighted by Gasteiger charge is 2.49. The van der Waals surface area contributed by atoms with Gasteiger partial charge in [0.25, 0.3) is 0 Å². The molecule has 2 nitrogen and oxygen atoms in total. The Balaban J connectivity index is 1.91. The third kappa shape index (κ3) is 1.75. The summed E-state index contributed by atoms with van der Waals surface area (Å²) in [5.74, 6) is 0. The van der Waals surface area contributed by atoms with E-state index in [9.17, 15) is 5.26 Å². The molecule has 1 atom stereocenters. The monoisotopic (exact) mass is 226 g/mol. The van der Waals surface area contributed by atoms with Crippen molar-refractivity contribution in [1.29, 1.82) is 5.26 Å². The molecule has 0 bridgehead atoms. The molecule has 0 heterocycles. The molecule has 2 aliphatic rings. The van der Waals surface area contributed by atoms with Gasteiger partial charge in [0.05, 0.1) is 11.5 Å². The highest BCUT2D eigenvalue weighted by atomic mass is 14.7. The van der Waals surface area contributed by atoms with E-state index in [0.29, 0.717) is 0 Å². The summed E-state index contributed by atoms with van der Waals surface area (Å²) in [6.45, 7) is 0. The van der Waals surface area contributed by atoms with E-state index in [0.717, 1.165) is 18.4 Å². The highest BCUT2D eigenvalue weighted by Crippen LogP contribution is 2.53. The van der Waals surface area contributed by atoms with Crippen LogP contribution in [0.15, 0.2) is 18.2 Å². The molecule has 17 heavy (non-hydrogen) atoms. The molecular formula is C15H18N2. The molecule has 0 aromatic heterocycles. The number of hydrogen-bond acceptors (Lipinski definition) is 2. The molecule has 1 aromatic carbocycles. The Bertz CT molecular complexity index is 480. The van der Waals surface area contributed by atoms with Gasteiger partial charge in [-0.25, -0.2) is 0 Å². The van der Waals surface area contributed by atoms with E-state index in [2.05, 4.69) is 24.3 Å². The Hall–Kier alpha value is -1.33. The molecule has 1 fully saturated rings. The zero-order chi connectivity index (χ0) is 11.9. The van der Waals surface area contributed by atoms with Gasteiger partial charge in [-0.2, -0.15) is 5.26 Å². The zero-order valence-corrected chi connectivity index (χ0v) is 10.1. The fourth-order valence-electron chi connectivity index (χ4n) is 2.89. The largest absolute Gasteiger partial charge is 0.323 e. The quantitative estimate of drug-likeness (QED) is 0.843. The first kappa shape index (κ1) is 10.8. The van der Waals surface area contributed by atoms with Crippen molar-refractivity contribution in [2.45, 2.75) is 44.6 Å². The Morgan fingerprint density at radius 3 is 2.53 bits per heavy atom. The van der Waals surface area contributed by atoms with Gasteiger partial charge in [0, 0.05) is 6.04 Å². The van der Waals surface area contributed by atoms with Crippen LogP contribution in [-0.2, 0) is 12.8 Å². The van der Waals surface area contributed by atoms with Crippen LogP contribution in [0.1, 0.15) is 48.4 Å². The normalized spacial score (nSPS) is 22.4. The van der Waals surface area contributed by atoms with Gasteiger partial charge in [-0.1, -0.05) is 18.2 Å². The number of nitriles is 1. The van der Waals surface area contributed by atoms with Crippen LogP contribution in [0.2, 0.25) is 0 Å². The molecule has 88 valence electrons. The Labute approximate surface area is 102 Å². The average molecular weight is 226 g/mol. The van der Waals surface area contributed by atoms with Gasteiger partial charge < -0.3 is 5.73 Å². The van der Waals surface area contributed by atoms with Crippen LogP contribution < -0.4 is 5.73 Å². The minimum absolute atomic E-state index is 0.0975. The maximum absolute atomic E-state index is 9.20. The number of nitrogens with two attached hydrogens (primary N) is 1. The first-order valence-corrected chi connectivity index (χ1v) is 6.54. The topological polar surface area (TPSA) is 49.8 Å². The molecule has 1 saturated carbocycles. The third-order valence-corrected chi connectivity index (χ3v) is 4.34. The summed E-state index contributed by atoms with van der Waals surface area (Å²) in [4.78, 5) is 0. The molecule has 0 saturated heterocycles. The lowest BCUT2D eigenvalue weighted by atomic mass is 9.86. The minimum Gasteiger partial charge on any atom is -0.323 e. The molecule has 3 rings (SSSR count). The van der Waals surface area contributed by atoms with Gasteiger partial charge >= 0.3 is 0 Å². The van der Waals surface area contributed by atoms with Crippen molar-refractivity contribution in [3.05, 3.63) is 34.9 Å². The molecule has 2 aliphatic carbocycles. The maximum atomic E-state index is 9.20. The van der Waals surface area contributed by atoms with Crippen LogP contribution in [0.25, 0.3) is 0 Å².